The number of amides is 3. The van der Waals surface area contributed by atoms with Gasteiger partial charge in [-0.15, -0.1) is 0 Å². The van der Waals surface area contributed by atoms with Crippen LogP contribution < -0.4 is 16.4 Å². The van der Waals surface area contributed by atoms with Crippen LogP contribution >= 0.6 is 0 Å². The van der Waals surface area contributed by atoms with Gasteiger partial charge in [0.05, 0.1) is 11.3 Å². The van der Waals surface area contributed by atoms with E-state index in [1.54, 1.807) is 36.4 Å². The quantitative estimate of drug-likeness (QED) is 0.791. The first-order chi connectivity index (χ1) is 10.6. The highest BCUT2D eigenvalue weighted by Crippen LogP contribution is 2.13. The molecule has 0 heterocycles. The Balaban J connectivity index is 1.89. The molecule has 2 aromatic rings. The molecule has 0 atom stereocenters. The average Bonchev–Trinajstić information content (AvgIpc) is 2.49. The summed E-state index contributed by atoms with van der Waals surface area (Å²) in [5.74, 6) is -0.925. The molecule has 2 aromatic carbocycles. The van der Waals surface area contributed by atoms with Crippen LogP contribution in [-0.2, 0) is 6.42 Å². The van der Waals surface area contributed by atoms with Crippen LogP contribution in [0.4, 0.5) is 14.9 Å². The number of carbonyl (C=O) groups is 2. The number of rotatable bonds is 5. The van der Waals surface area contributed by atoms with E-state index >= 15 is 0 Å². The molecule has 4 N–H and O–H groups in total. The summed E-state index contributed by atoms with van der Waals surface area (Å²) in [5, 5.41) is 5.15. The molecule has 0 aliphatic heterocycles. The first-order valence-electron chi connectivity index (χ1n) is 6.75. The second kappa shape index (κ2) is 7.21. The lowest BCUT2D eigenvalue weighted by Crippen LogP contribution is -2.31. The van der Waals surface area contributed by atoms with Gasteiger partial charge in [-0.2, -0.15) is 0 Å². The molecule has 0 spiro atoms. The minimum atomic E-state index is -0.623. The van der Waals surface area contributed by atoms with E-state index in [4.69, 9.17) is 5.73 Å². The van der Waals surface area contributed by atoms with Crippen LogP contribution in [0.5, 0.6) is 0 Å². The summed E-state index contributed by atoms with van der Waals surface area (Å²) in [6.45, 7) is 0.269. The molecule has 22 heavy (non-hydrogen) atoms. The number of nitrogens with two attached hydrogens (primary N) is 1. The molecule has 6 heteroatoms. The normalized spacial score (nSPS) is 10.0. The van der Waals surface area contributed by atoms with Gasteiger partial charge in [0.1, 0.15) is 5.82 Å². The van der Waals surface area contributed by atoms with Crippen molar-refractivity contribution >= 4 is 17.6 Å². The van der Waals surface area contributed by atoms with Gasteiger partial charge in [-0.3, -0.25) is 4.79 Å². The number of benzene rings is 2. The maximum atomic E-state index is 13.4. The van der Waals surface area contributed by atoms with Gasteiger partial charge in [-0.05, 0) is 30.2 Å². The Bertz CT molecular complexity index is 689. The maximum absolute atomic E-state index is 13.4. The number of nitrogens with one attached hydrogen (secondary N) is 2. The summed E-state index contributed by atoms with van der Waals surface area (Å²) in [7, 11) is 0. The van der Waals surface area contributed by atoms with Gasteiger partial charge in [0, 0.05) is 6.54 Å². The van der Waals surface area contributed by atoms with Crippen molar-refractivity contribution in [2.24, 2.45) is 5.73 Å². The van der Waals surface area contributed by atoms with E-state index in [1.165, 1.54) is 12.1 Å². The van der Waals surface area contributed by atoms with Crippen LogP contribution in [0.15, 0.2) is 48.5 Å². The first-order valence-corrected chi connectivity index (χ1v) is 6.75. The number of para-hydroxylation sites is 1. The number of hydrogen-bond donors (Lipinski definition) is 3. The molecule has 0 fully saturated rings. The number of halogens is 1. The highest BCUT2D eigenvalue weighted by molar-refractivity contribution is 6.02. The molecule has 0 saturated carbocycles. The smallest absolute Gasteiger partial charge is 0.319 e. The Morgan fingerprint density at radius 3 is 2.45 bits per heavy atom. The van der Waals surface area contributed by atoms with Crippen molar-refractivity contribution in [3.8, 4) is 0 Å². The Labute approximate surface area is 127 Å². The van der Waals surface area contributed by atoms with E-state index < -0.39 is 11.9 Å². The Hall–Kier alpha value is -2.89. The molecule has 0 saturated heterocycles. The second-order valence-electron chi connectivity index (χ2n) is 4.63. The fourth-order valence-electron chi connectivity index (χ4n) is 1.99. The van der Waals surface area contributed by atoms with Crippen LogP contribution in [0, 0.1) is 5.82 Å². The lowest BCUT2D eigenvalue weighted by molar-refractivity contribution is 0.100. The van der Waals surface area contributed by atoms with Crippen molar-refractivity contribution in [2.45, 2.75) is 6.42 Å². The molecule has 0 radical (unpaired) electrons. The highest BCUT2D eigenvalue weighted by Gasteiger charge is 2.10. The van der Waals surface area contributed by atoms with Gasteiger partial charge in [0.2, 0.25) is 0 Å². The molecule has 5 nitrogen and oxygen atoms in total. The molecule has 0 bridgehead atoms. The predicted octanol–water partition coefficient (Wildman–Crippen LogP) is 2.29. The van der Waals surface area contributed by atoms with E-state index in [0.29, 0.717) is 17.7 Å². The van der Waals surface area contributed by atoms with Gasteiger partial charge < -0.3 is 16.4 Å². The molecule has 3 amide bonds. The zero-order valence-corrected chi connectivity index (χ0v) is 11.8. The van der Waals surface area contributed by atoms with Crippen molar-refractivity contribution in [1.29, 1.82) is 0 Å². The molecular formula is C16H16FN3O2. The highest BCUT2D eigenvalue weighted by atomic mass is 19.1. The minimum absolute atomic E-state index is 0.228. The molecule has 114 valence electrons. The number of carbonyl (C=O) groups excluding carboxylic acids is 2. The summed E-state index contributed by atoms with van der Waals surface area (Å²) < 4.78 is 13.4. The number of anilines is 1. The van der Waals surface area contributed by atoms with E-state index in [1.807, 2.05) is 0 Å². The van der Waals surface area contributed by atoms with Crippen LogP contribution in [-0.4, -0.2) is 18.5 Å². The fourth-order valence-corrected chi connectivity index (χ4v) is 1.99. The zero-order chi connectivity index (χ0) is 15.9. The molecule has 0 aromatic heterocycles. The Kier molecular flexibility index (Phi) is 5.08. The van der Waals surface area contributed by atoms with Crippen LogP contribution in [0.1, 0.15) is 15.9 Å². The third kappa shape index (κ3) is 4.05. The number of urea groups is 1. The monoisotopic (exact) mass is 301 g/mol. The molecular weight excluding hydrogens is 285 g/mol. The zero-order valence-electron chi connectivity index (χ0n) is 11.8. The maximum Gasteiger partial charge on any atom is 0.319 e. The molecule has 0 aliphatic rings. The summed E-state index contributed by atoms with van der Waals surface area (Å²) in [4.78, 5) is 23.0. The summed E-state index contributed by atoms with van der Waals surface area (Å²) in [6, 6.07) is 12.3. The van der Waals surface area contributed by atoms with E-state index in [9.17, 15) is 14.0 Å². The second-order valence-corrected chi connectivity index (χ2v) is 4.63. The van der Waals surface area contributed by atoms with E-state index in [2.05, 4.69) is 10.6 Å². The standard InChI is InChI=1S/C16H16FN3O2/c17-13-7-3-1-5-11(13)9-10-19-16(22)20-14-8-4-2-6-12(14)15(18)21/h1-8H,9-10H2,(H2,18,21)(H2,19,20,22). The van der Waals surface area contributed by atoms with Crippen molar-refractivity contribution in [3.05, 3.63) is 65.5 Å². The van der Waals surface area contributed by atoms with Crippen molar-refractivity contribution < 1.29 is 14.0 Å². The van der Waals surface area contributed by atoms with Crippen molar-refractivity contribution in [3.63, 3.8) is 0 Å². The summed E-state index contributed by atoms with van der Waals surface area (Å²) in [6.07, 6.45) is 0.373. The van der Waals surface area contributed by atoms with Crippen LogP contribution in [0.25, 0.3) is 0 Å². The lowest BCUT2D eigenvalue weighted by atomic mass is 10.1. The summed E-state index contributed by atoms with van der Waals surface area (Å²) in [5.41, 5.74) is 6.32. The average molecular weight is 301 g/mol. The Morgan fingerprint density at radius 2 is 1.73 bits per heavy atom. The van der Waals surface area contributed by atoms with Gasteiger partial charge in [0.15, 0.2) is 0 Å². The number of primary amides is 1. The lowest BCUT2D eigenvalue weighted by Gasteiger charge is -2.10. The van der Waals surface area contributed by atoms with Crippen molar-refractivity contribution in [1.82, 2.24) is 5.32 Å². The van der Waals surface area contributed by atoms with Crippen LogP contribution in [0.2, 0.25) is 0 Å². The topological polar surface area (TPSA) is 84.2 Å². The fraction of sp³-hybridized carbons (Fsp3) is 0.125. The minimum Gasteiger partial charge on any atom is -0.366 e. The number of hydrogen-bond acceptors (Lipinski definition) is 2. The third-order valence-corrected chi connectivity index (χ3v) is 3.08. The molecule has 2 rings (SSSR count). The molecule has 0 unspecified atom stereocenters. The molecule has 0 aliphatic carbocycles. The van der Waals surface area contributed by atoms with Crippen LogP contribution in [0.3, 0.4) is 0 Å². The first kappa shape index (κ1) is 15.5. The van der Waals surface area contributed by atoms with E-state index in [0.717, 1.165) is 0 Å². The van der Waals surface area contributed by atoms with Gasteiger partial charge >= 0.3 is 6.03 Å². The van der Waals surface area contributed by atoms with Crippen molar-refractivity contribution in [2.75, 3.05) is 11.9 Å². The van der Waals surface area contributed by atoms with Gasteiger partial charge in [-0.1, -0.05) is 30.3 Å². The predicted molar refractivity (Wildman–Crippen MR) is 82.1 cm³/mol. The SMILES string of the molecule is NC(=O)c1ccccc1NC(=O)NCCc1ccccc1F. The summed E-state index contributed by atoms with van der Waals surface area (Å²) >= 11 is 0. The largest absolute Gasteiger partial charge is 0.366 e. The Morgan fingerprint density at radius 1 is 1.05 bits per heavy atom. The van der Waals surface area contributed by atoms with Gasteiger partial charge in [0.25, 0.3) is 5.91 Å². The van der Waals surface area contributed by atoms with Gasteiger partial charge in [-0.25, -0.2) is 9.18 Å². The van der Waals surface area contributed by atoms with E-state index in [-0.39, 0.29) is 17.9 Å². The third-order valence-electron chi connectivity index (χ3n) is 3.08.